The summed E-state index contributed by atoms with van der Waals surface area (Å²) in [5.74, 6) is 2.38. The lowest BCUT2D eigenvalue weighted by Crippen LogP contribution is -2.34. The summed E-state index contributed by atoms with van der Waals surface area (Å²) in [5.41, 5.74) is 1.93. The molecule has 0 aromatic heterocycles. The van der Waals surface area contributed by atoms with E-state index in [2.05, 4.69) is 41.4 Å². The molecule has 1 fully saturated rings. The number of ether oxygens (including phenoxy) is 2. The molecule has 0 radical (unpaired) electrons. The third-order valence-electron chi connectivity index (χ3n) is 6.29. The number of ketones is 1. The van der Waals surface area contributed by atoms with E-state index in [-0.39, 0.29) is 11.7 Å². The molecule has 1 aromatic rings. The molecule has 2 aliphatic rings. The molecular weight excluding hydrogens is 374 g/mol. The van der Waals surface area contributed by atoms with Crippen LogP contribution >= 0.6 is 0 Å². The van der Waals surface area contributed by atoms with Crippen molar-refractivity contribution < 1.29 is 14.3 Å². The van der Waals surface area contributed by atoms with Gasteiger partial charge in [0, 0.05) is 18.0 Å². The van der Waals surface area contributed by atoms with Crippen LogP contribution in [0.1, 0.15) is 48.5 Å². The molecule has 0 amide bonds. The van der Waals surface area contributed by atoms with E-state index in [1.54, 1.807) is 14.2 Å². The fourth-order valence-electron chi connectivity index (χ4n) is 4.56. The molecule has 1 aromatic carbocycles. The van der Waals surface area contributed by atoms with Crippen LogP contribution in [0.25, 0.3) is 0 Å². The smallest absolute Gasteiger partial charge is 0.166 e. The Balaban J connectivity index is 1.45. The van der Waals surface area contributed by atoms with Crippen molar-refractivity contribution in [1.82, 2.24) is 4.90 Å². The first kappa shape index (κ1) is 22.4. The van der Waals surface area contributed by atoms with Crippen LogP contribution in [0.2, 0.25) is 0 Å². The maximum atomic E-state index is 12.9. The van der Waals surface area contributed by atoms with E-state index >= 15 is 0 Å². The Hall–Kier alpha value is -2.33. The van der Waals surface area contributed by atoms with Crippen molar-refractivity contribution in [3.05, 3.63) is 59.7 Å². The molecule has 1 aliphatic carbocycles. The molecule has 3 rings (SSSR count). The van der Waals surface area contributed by atoms with Crippen molar-refractivity contribution in [3.8, 4) is 11.5 Å². The summed E-state index contributed by atoms with van der Waals surface area (Å²) in [5, 5.41) is 0. The molecule has 1 heterocycles. The fourth-order valence-corrected chi connectivity index (χ4v) is 4.56. The van der Waals surface area contributed by atoms with Crippen LogP contribution in [0.15, 0.2) is 48.6 Å². The number of rotatable bonds is 9. The Kier molecular flexibility index (Phi) is 8.32. The molecule has 0 spiro atoms. The van der Waals surface area contributed by atoms with E-state index in [0.29, 0.717) is 17.4 Å². The number of fused-ring (bicyclic) bond motifs is 1. The van der Waals surface area contributed by atoms with Gasteiger partial charge in [0.15, 0.2) is 17.3 Å². The maximum absolute atomic E-state index is 12.9. The van der Waals surface area contributed by atoms with Crippen molar-refractivity contribution in [2.45, 2.75) is 39.0 Å². The number of hydrogen-bond donors (Lipinski definition) is 0. The second kappa shape index (κ2) is 11.2. The average Bonchev–Trinajstić information content (AvgIpc) is 3.07. The van der Waals surface area contributed by atoms with Crippen molar-refractivity contribution in [1.29, 1.82) is 0 Å². The van der Waals surface area contributed by atoms with Crippen LogP contribution in [-0.4, -0.2) is 44.5 Å². The van der Waals surface area contributed by atoms with E-state index in [1.165, 1.54) is 12.8 Å². The topological polar surface area (TPSA) is 38.8 Å². The molecule has 1 saturated heterocycles. The lowest BCUT2D eigenvalue weighted by atomic mass is 9.85. The molecule has 4 heteroatoms. The van der Waals surface area contributed by atoms with Crippen molar-refractivity contribution in [3.63, 3.8) is 0 Å². The average molecular weight is 410 g/mol. The van der Waals surface area contributed by atoms with Gasteiger partial charge in [0.1, 0.15) is 0 Å². The zero-order chi connectivity index (χ0) is 21.3. The molecule has 1 aliphatic heterocycles. The summed E-state index contributed by atoms with van der Waals surface area (Å²) < 4.78 is 10.8. The minimum Gasteiger partial charge on any atom is -0.493 e. The molecule has 0 saturated carbocycles. The Morgan fingerprint density at radius 2 is 1.73 bits per heavy atom. The standard InChI is InChI=1S/C26H35NO3/c1-4-5-6-7-8-9-10-13-27-14-11-20(12-15-27)16-22-17-21-18-24(29-2)25(30-3)19-23(21)26(22)28/h4-5,7-10,18-20,22H,6,11-17H2,1-3H3/b5-4-,8-7?,10-9+. The van der Waals surface area contributed by atoms with Gasteiger partial charge >= 0.3 is 0 Å². The zero-order valence-corrected chi connectivity index (χ0v) is 18.6. The van der Waals surface area contributed by atoms with Gasteiger partial charge in [-0.3, -0.25) is 9.69 Å². The van der Waals surface area contributed by atoms with Gasteiger partial charge in [-0.15, -0.1) is 0 Å². The SMILES string of the molecule is C/C=C\CC=C/C=C/CN1CCC(CC2Cc3cc(OC)c(OC)cc3C2=O)CC1. The van der Waals surface area contributed by atoms with Crippen LogP contribution in [0.4, 0.5) is 0 Å². The Labute approximate surface area is 181 Å². The second-order valence-electron chi connectivity index (χ2n) is 8.27. The largest absolute Gasteiger partial charge is 0.493 e. The van der Waals surface area contributed by atoms with E-state index < -0.39 is 0 Å². The number of nitrogens with zero attached hydrogens (tertiary/aromatic N) is 1. The number of methoxy groups -OCH3 is 2. The number of carbonyl (C=O) groups excluding carboxylic acids is 1. The van der Waals surface area contributed by atoms with Crippen LogP contribution in [0, 0.1) is 11.8 Å². The highest BCUT2D eigenvalue weighted by atomic mass is 16.5. The number of piperidine rings is 1. The van der Waals surface area contributed by atoms with Crippen LogP contribution in [-0.2, 0) is 6.42 Å². The monoisotopic (exact) mass is 409 g/mol. The normalized spacial score (nSPS) is 20.6. The number of likely N-dealkylation sites (tertiary alicyclic amines) is 1. The molecule has 0 bridgehead atoms. The van der Waals surface area contributed by atoms with Gasteiger partial charge in [0.2, 0.25) is 0 Å². The van der Waals surface area contributed by atoms with Gasteiger partial charge in [-0.2, -0.15) is 0 Å². The van der Waals surface area contributed by atoms with E-state index in [0.717, 1.165) is 50.0 Å². The van der Waals surface area contributed by atoms with Gasteiger partial charge in [0.05, 0.1) is 14.2 Å². The summed E-state index contributed by atoms with van der Waals surface area (Å²) in [6.45, 7) is 5.29. The first-order chi connectivity index (χ1) is 14.7. The molecule has 1 atom stereocenters. The summed E-state index contributed by atoms with van der Waals surface area (Å²) in [6.07, 6.45) is 18.1. The lowest BCUT2D eigenvalue weighted by Gasteiger charge is -2.32. The molecule has 1 unspecified atom stereocenters. The van der Waals surface area contributed by atoms with E-state index in [4.69, 9.17) is 9.47 Å². The maximum Gasteiger partial charge on any atom is 0.166 e. The molecular formula is C26H35NO3. The molecule has 4 nitrogen and oxygen atoms in total. The first-order valence-electron chi connectivity index (χ1n) is 11.1. The summed E-state index contributed by atoms with van der Waals surface area (Å²) in [4.78, 5) is 15.5. The van der Waals surface area contributed by atoms with Gasteiger partial charge in [-0.1, -0.05) is 36.5 Å². The highest BCUT2D eigenvalue weighted by Gasteiger charge is 2.34. The minimum atomic E-state index is 0.107. The summed E-state index contributed by atoms with van der Waals surface area (Å²) in [6, 6.07) is 3.84. The van der Waals surface area contributed by atoms with Crippen LogP contribution in [0.5, 0.6) is 11.5 Å². The summed E-state index contributed by atoms with van der Waals surface area (Å²) >= 11 is 0. The third-order valence-corrected chi connectivity index (χ3v) is 6.29. The Morgan fingerprint density at radius 3 is 2.43 bits per heavy atom. The second-order valence-corrected chi connectivity index (χ2v) is 8.27. The summed E-state index contributed by atoms with van der Waals surface area (Å²) in [7, 11) is 3.26. The molecule has 30 heavy (non-hydrogen) atoms. The Bertz CT molecular complexity index is 801. The fraction of sp³-hybridized carbons (Fsp3) is 0.500. The number of Topliss-reactive ketones (excluding diaryl/α,β-unsaturated/α-hetero) is 1. The third kappa shape index (κ3) is 5.63. The highest BCUT2D eigenvalue weighted by Crippen LogP contribution is 2.39. The number of benzene rings is 1. The lowest BCUT2D eigenvalue weighted by molar-refractivity contribution is 0.0900. The number of allylic oxidation sites excluding steroid dienone is 5. The van der Waals surface area contributed by atoms with Crippen LogP contribution in [0.3, 0.4) is 0 Å². The van der Waals surface area contributed by atoms with E-state index in [1.807, 2.05) is 19.1 Å². The predicted octanol–water partition coefficient (Wildman–Crippen LogP) is 5.24. The molecule has 162 valence electrons. The number of carbonyl (C=O) groups is 1. The Morgan fingerprint density at radius 1 is 1.03 bits per heavy atom. The quantitative estimate of drug-likeness (QED) is 0.413. The van der Waals surface area contributed by atoms with Gasteiger partial charge in [0.25, 0.3) is 0 Å². The molecule has 0 N–H and O–H groups in total. The van der Waals surface area contributed by atoms with E-state index in [9.17, 15) is 4.79 Å². The van der Waals surface area contributed by atoms with Gasteiger partial charge < -0.3 is 9.47 Å². The van der Waals surface area contributed by atoms with Crippen LogP contribution < -0.4 is 9.47 Å². The zero-order valence-electron chi connectivity index (χ0n) is 18.6. The number of hydrogen-bond acceptors (Lipinski definition) is 4. The first-order valence-corrected chi connectivity index (χ1v) is 11.1. The van der Waals surface area contributed by atoms with Gasteiger partial charge in [-0.05, 0) is 75.7 Å². The van der Waals surface area contributed by atoms with Crippen molar-refractivity contribution in [2.24, 2.45) is 11.8 Å². The highest BCUT2D eigenvalue weighted by molar-refractivity contribution is 6.02. The predicted molar refractivity (Wildman–Crippen MR) is 123 cm³/mol. The van der Waals surface area contributed by atoms with Gasteiger partial charge in [-0.25, -0.2) is 0 Å². The minimum absolute atomic E-state index is 0.107. The van der Waals surface area contributed by atoms with Crippen molar-refractivity contribution in [2.75, 3.05) is 33.9 Å². The van der Waals surface area contributed by atoms with Crippen molar-refractivity contribution >= 4 is 5.78 Å².